The van der Waals surface area contributed by atoms with Crippen LogP contribution in [0.3, 0.4) is 0 Å². The molecule has 0 radical (unpaired) electrons. The lowest BCUT2D eigenvalue weighted by Gasteiger charge is -2.41. The minimum atomic E-state index is -0.510. The first-order valence-electron chi connectivity index (χ1n) is 9.55. The van der Waals surface area contributed by atoms with Crippen molar-refractivity contribution in [1.29, 1.82) is 0 Å². The first-order chi connectivity index (χ1) is 13.0. The smallest absolute Gasteiger partial charge is 0.252 e. The molecule has 2 aliphatic heterocycles. The zero-order valence-corrected chi connectivity index (χ0v) is 15.5. The molecule has 2 N–H and O–H groups in total. The Kier molecular flexibility index (Phi) is 4.98. The zero-order valence-electron chi connectivity index (χ0n) is 15.5. The quantitative estimate of drug-likeness (QED) is 0.886. The van der Waals surface area contributed by atoms with Gasteiger partial charge in [0, 0.05) is 12.6 Å². The molecule has 1 fully saturated rings. The van der Waals surface area contributed by atoms with Crippen LogP contribution in [0.15, 0.2) is 48.5 Å². The summed E-state index contributed by atoms with van der Waals surface area (Å²) in [5, 5.41) is 0. The van der Waals surface area contributed by atoms with Crippen LogP contribution < -0.4 is 5.73 Å². The second-order valence-corrected chi connectivity index (χ2v) is 7.63. The molecule has 2 heterocycles. The highest BCUT2D eigenvalue weighted by Gasteiger charge is 2.38. The standard InChI is InChI=1S/C22H25FN2O2/c1-14-13-27-20(12-19(14)24)22(26)25-11-10-15-4-2-3-5-18(15)21(25)16-6-8-17(23)9-7-16/h2-9,14,19-21H,10-13,24H2,1H3/t14-,19+,20-,21+/m1/s1. The largest absolute Gasteiger partial charge is 0.368 e. The maximum absolute atomic E-state index is 13.5. The Labute approximate surface area is 159 Å². The molecular formula is C22H25FN2O2. The Morgan fingerprint density at radius 1 is 1.19 bits per heavy atom. The molecular weight excluding hydrogens is 343 g/mol. The van der Waals surface area contributed by atoms with Gasteiger partial charge in [-0.3, -0.25) is 4.79 Å². The summed E-state index contributed by atoms with van der Waals surface area (Å²) in [5.41, 5.74) is 9.41. The summed E-state index contributed by atoms with van der Waals surface area (Å²) in [6.45, 7) is 3.16. The number of fused-ring (bicyclic) bond motifs is 1. The lowest BCUT2D eigenvalue weighted by atomic mass is 9.87. The van der Waals surface area contributed by atoms with Gasteiger partial charge in [-0.1, -0.05) is 43.3 Å². The summed E-state index contributed by atoms with van der Waals surface area (Å²) < 4.78 is 19.3. The van der Waals surface area contributed by atoms with Crippen LogP contribution in [0, 0.1) is 11.7 Å². The first-order valence-corrected chi connectivity index (χ1v) is 9.55. The van der Waals surface area contributed by atoms with E-state index in [2.05, 4.69) is 12.1 Å². The molecule has 1 amide bonds. The van der Waals surface area contributed by atoms with Crippen molar-refractivity contribution in [3.05, 3.63) is 71.0 Å². The number of benzene rings is 2. The highest BCUT2D eigenvalue weighted by atomic mass is 19.1. The minimum absolute atomic E-state index is 0.0267. The van der Waals surface area contributed by atoms with E-state index in [0.29, 0.717) is 19.6 Å². The average molecular weight is 368 g/mol. The van der Waals surface area contributed by atoms with Gasteiger partial charge in [0.05, 0.1) is 12.6 Å². The third-order valence-electron chi connectivity index (χ3n) is 5.81. The molecule has 2 aromatic rings. The molecule has 0 bridgehead atoms. The number of nitrogens with zero attached hydrogens (tertiary/aromatic N) is 1. The minimum Gasteiger partial charge on any atom is -0.368 e. The molecule has 5 heteroatoms. The van der Waals surface area contributed by atoms with Gasteiger partial charge in [-0.15, -0.1) is 0 Å². The van der Waals surface area contributed by atoms with Crippen LogP contribution in [0.25, 0.3) is 0 Å². The van der Waals surface area contributed by atoms with Gasteiger partial charge < -0.3 is 15.4 Å². The molecule has 0 aliphatic carbocycles. The highest BCUT2D eigenvalue weighted by molar-refractivity contribution is 5.82. The summed E-state index contributed by atoms with van der Waals surface area (Å²) in [7, 11) is 0. The van der Waals surface area contributed by atoms with E-state index in [0.717, 1.165) is 17.5 Å². The van der Waals surface area contributed by atoms with Gasteiger partial charge in [-0.05, 0) is 47.6 Å². The zero-order chi connectivity index (χ0) is 19.0. The second kappa shape index (κ2) is 7.41. The van der Waals surface area contributed by atoms with Crippen LogP contribution in [-0.4, -0.2) is 36.1 Å². The number of halogens is 1. The summed E-state index contributed by atoms with van der Waals surface area (Å²) in [5.74, 6) is -0.0542. The molecule has 2 aromatic carbocycles. The second-order valence-electron chi connectivity index (χ2n) is 7.63. The first kappa shape index (κ1) is 18.1. The van der Waals surface area contributed by atoms with Crippen LogP contribution in [-0.2, 0) is 16.0 Å². The number of amides is 1. The highest BCUT2D eigenvalue weighted by Crippen LogP contribution is 2.36. The average Bonchev–Trinajstić information content (AvgIpc) is 2.69. The lowest BCUT2D eigenvalue weighted by molar-refractivity contribution is -0.151. The van der Waals surface area contributed by atoms with Crippen molar-refractivity contribution in [2.75, 3.05) is 13.2 Å². The molecule has 4 atom stereocenters. The van der Waals surface area contributed by atoms with Crippen LogP contribution in [0.4, 0.5) is 4.39 Å². The number of hydrogen-bond donors (Lipinski definition) is 1. The van der Waals surface area contributed by atoms with Gasteiger partial charge in [0.15, 0.2) is 0 Å². The Balaban J connectivity index is 1.68. The maximum Gasteiger partial charge on any atom is 0.252 e. The molecule has 0 saturated carbocycles. The van der Waals surface area contributed by atoms with Crippen LogP contribution in [0.5, 0.6) is 0 Å². The van der Waals surface area contributed by atoms with Crippen molar-refractivity contribution in [2.24, 2.45) is 11.7 Å². The van der Waals surface area contributed by atoms with Gasteiger partial charge in [0.25, 0.3) is 5.91 Å². The van der Waals surface area contributed by atoms with E-state index in [1.54, 1.807) is 12.1 Å². The van der Waals surface area contributed by atoms with Gasteiger partial charge >= 0.3 is 0 Å². The normalized spacial score (nSPS) is 27.9. The molecule has 0 unspecified atom stereocenters. The van der Waals surface area contributed by atoms with Crippen molar-refractivity contribution < 1.29 is 13.9 Å². The molecule has 4 rings (SSSR count). The van der Waals surface area contributed by atoms with Crippen molar-refractivity contribution in [3.63, 3.8) is 0 Å². The van der Waals surface area contributed by atoms with Crippen molar-refractivity contribution >= 4 is 5.91 Å². The van der Waals surface area contributed by atoms with Gasteiger partial charge in [-0.2, -0.15) is 0 Å². The SMILES string of the molecule is C[C@@H]1CO[C@@H](C(=O)N2CCc3ccccc3[C@@H]2c2ccc(F)cc2)C[C@@H]1N. The molecule has 0 aromatic heterocycles. The van der Waals surface area contributed by atoms with E-state index in [1.165, 1.54) is 17.7 Å². The molecule has 27 heavy (non-hydrogen) atoms. The van der Waals surface area contributed by atoms with E-state index in [4.69, 9.17) is 10.5 Å². The fourth-order valence-electron chi connectivity index (χ4n) is 4.10. The van der Waals surface area contributed by atoms with Crippen molar-refractivity contribution in [3.8, 4) is 0 Å². The Hall–Kier alpha value is -2.24. The third-order valence-corrected chi connectivity index (χ3v) is 5.81. The predicted molar refractivity (Wildman–Crippen MR) is 102 cm³/mol. The number of carbonyl (C=O) groups excluding carboxylic acids is 1. The van der Waals surface area contributed by atoms with Crippen LogP contribution in [0.2, 0.25) is 0 Å². The summed E-state index contributed by atoms with van der Waals surface area (Å²) >= 11 is 0. The van der Waals surface area contributed by atoms with Gasteiger partial charge in [-0.25, -0.2) is 4.39 Å². The maximum atomic E-state index is 13.5. The lowest BCUT2D eigenvalue weighted by Crippen LogP contribution is -2.51. The summed E-state index contributed by atoms with van der Waals surface area (Å²) in [4.78, 5) is 15.2. The van der Waals surface area contributed by atoms with Gasteiger partial charge in [0.2, 0.25) is 0 Å². The number of rotatable bonds is 2. The number of carbonyl (C=O) groups is 1. The van der Waals surface area contributed by atoms with Gasteiger partial charge in [0.1, 0.15) is 11.9 Å². The van der Waals surface area contributed by atoms with Crippen LogP contribution >= 0.6 is 0 Å². The number of hydrogen-bond acceptors (Lipinski definition) is 3. The monoisotopic (exact) mass is 368 g/mol. The predicted octanol–water partition coefficient (Wildman–Crippen LogP) is 3.05. The van der Waals surface area contributed by atoms with Crippen molar-refractivity contribution in [1.82, 2.24) is 4.90 Å². The topological polar surface area (TPSA) is 55.6 Å². The van der Waals surface area contributed by atoms with Crippen molar-refractivity contribution in [2.45, 2.75) is 38.0 Å². The molecule has 1 saturated heterocycles. The Morgan fingerprint density at radius 3 is 2.67 bits per heavy atom. The molecule has 142 valence electrons. The number of ether oxygens (including phenoxy) is 1. The van der Waals surface area contributed by atoms with E-state index < -0.39 is 6.10 Å². The fourth-order valence-corrected chi connectivity index (χ4v) is 4.10. The molecule has 2 aliphatic rings. The van der Waals surface area contributed by atoms with E-state index in [9.17, 15) is 9.18 Å². The van der Waals surface area contributed by atoms with Crippen LogP contribution in [0.1, 0.15) is 36.1 Å². The Bertz CT molecular complexity index is 823. The molecule has 0 spiro atoms. The summed E-state index contributed by atoms with van der Waals surface area (Å²) in [6.07, 6.45) is 0.827. The summed E-state index contributed by atoms with van der Waals surface area (Å²) in [6, 6.07) is 14.3. The number of nitrogens with two attached hydrogens (primary N) is 1. The fraction of sp³-hybridized carbons (Fsp3) is 0.409. The third kappa shape index (κ3) is 3.49. The molecule has 4 nitrogen and oxygen atoms in total. The van der Waals surface area contributed by atoms with E-state index in [1.807, 2.05) is 24.0 Å². The van der Waals surface area contributed by atoms with E-state index in [-0.39, 0.29) is 29.7 Å². The Morgan fingerprint density at radius 2 is 1.93 bits per heavy atom. The van der Waals surface area contributed by atoms with E-state index >= 15 is 0 Å².